The zero-order chi connectivity index (χ0) is 18.4. The molecule has 0 bridgehead atoms. The first-order valence-electron chi connectivity index (χ1n) is 8.15. The Hall–Kier alpha value is -2.18. The van der Waals surface area contributed by atoms with E-state index in [9.17, 15) is 4.79 Å². The predicted molar refractivity (Wildman–Crippen MR) is 111 cm³/mol. The average Bonchev–Trinajstić information content (AvgIpc) is 3.15. The van der Waals surface area contributed by atoms with Gasteiger partial charge in [-0.05, 0) is 47.7 Å². The number of hydrogen-bond donors (Lipinski definition) is 1. The number of thioether (sulfide) groups is 2. The number of hydrogen-bond acceptors (Lipinski definition) is 5. The second-order valence-electron chi connectivity index (χ2n) is 5.63. The molecule has 1 amide bonds. The first-order chi connectivity index (χ1) is 12.7. The third-order valence-electron chi connectivity index (χ3n) is 3.92. The van der Waals surface area contributed by atoms with Crippen molar-refractivity contribution in [3.8, 4) is 5.75 Å². The lowest BCUT2D eigenvalue weighted by atomic mass is 10.1. The quantitative estimate of drug-likeness (QED) is 0.614. The summed E-state index contributed by atoms with van der Waals surface area (Å²) >= 11 is 3.26. The van der Waals surface area contributed by atoms with Gasteiger partial charge in [-0.1, -0.05) is 36.0 Å². The summed E-state index contributed by atoms with van der Waals surface area (Å²) in [7, 11) is 1.65. The number of nitrogens with one attached hydrogen (secondary N) is 1. The number of carbonyl (C=O) groups excluding carboxylic acids is 1. The normalized spacial score (nSPS) is 16.5. The van der Waals surface area contributed by atoms with E-state index in [4.69, 9.17) is 4.74 Å². The summed E-state index contributed by atoms with van der Waals surface area (Å²) in [6.45, 7) is 0. The molecule has 1 unspecified atom stereocenters. The fourth-order valence-corrected chi connectivity index (χ4v) is 3.84. The molecule has 2 aromatic carbocycles. The largest absolute Gasteiger partial charge is 0.497 e. The van der Waals surface area contributed by atoms with Gasteiger partial charge in [-0.2, -0.15) is 0 Å². The molecule has 0 spiro atoms. The Labute approximate surface area is 162 Å². The summed E-state index contributed by atoms with van der Waals surface area (Å²) < 4.78 is 5.18. The van der Waals surface area contributed by atoms with E-state index in [1.807, 2.05) is 54.8 Å². The molecule has 1 aliphatic heterocycles. The highest BCUT2D eigenvalue weighted by Gasteiger charge is 2.20. The standard InChI is InChI=1S/C20H20N2O2S2/c1-24-16-8-6-15(7-9-16)18-13-26-20(21-18)22-19(23)12-5-14-3-10-17(25-2)11-4-14/h3-12,18H,13H2,1-2H3,(H,21,22,23)/b12-5+. The van der Waals surface area contributed by atoms with Gasteiger partial charge in [0.15, 0.2) is 5.17 Å². The summed E-state index contributed by atoms with van der Waals surface area (Å²) in [6.07, 6.45) is 5.38. The Morgan fingerprint density at radius 2 is 1.96 bits per heavy atom. The molecule has 0 aromatic heterocycles. The van der Waals surface area contributed by atoms with Gasteiger partial charge in [-0.3, -0.25) is 9.79 Å². The highest BCUT2D eigenvalue weighted by Crippen LogP contribution is 2.30. The maximum atomic E-state index is 12.1. The van der Waals surface area contributed by atoms with Crippen molar-refractivity contribution >= 4 is 40.7 Å². The zero-order valence-corrected chi connectivity index (χ0v) is 16.3. The highest BCUT2D eigenvalue weighted by atomic mass is 32.2. The number of nitrogens with zero attached hydrogens (tertiary/aromatic N) is 1. The van der Waals surface area contributed by atoms with E-state index in [1.165, 1.54) is 11.0 Å². The van der Waals surface area contributed by atoms with Gasteiger partial charge in [0, 0.05) is 16.7 Å². The smallest absolute Gasteiger partial charge is 0.249 e. The molecule has 26 heavy (non-hydrogen) atoms. The van der Waals surface area contributed by atoms with Gasteiger partial charge in [0.2, 0.25) is 5.91 Å². The molecule has 1 atom stereocenters. The van der Waals surface area contributed by atoms with E-state index in [-0.39, 0.29) is 11.9 Å². The molecule has 0 saturated carbocycles. The number of ether oxygens (including phenoxy) is 1. The second kappa shape index (κ2) is 8.96. The van der Waals surface area contributed by atoms with E-state index >= 15 is 0 Å². The van der Waals surface area contributed by atoms with Crippen LogP contribution >= 0.6 is 23.5 Å². The molecule has 0 saturated heterocycles. The van der Waals surface area contributed by atoms with Gasteiger partial charge in [0.05, 0.1) is 13.2 Å². The van der Waals surface area contributed by atoms with Crippen LogP contribution in [0.25, 0.3) is 6.08 Å². The lowest BCUT2D eigenvalue weighted by molar-refractivity contribution is -0.115. The Balaban J connectivity index is 1.57. The topological polar surface area (TPSA) is 50.7 Å². The third-order valence-corrected chi connectivity index (χ3v) is 5.63. The monoisotopic (exact) mass is 384 g/mol. The number of benzene rings is 2. The number of amidine groups is 1. The predicted octanol–water partition coefficient (Wildman–Crippen LogP) is 4.39. The number of carbonyl (C=O) groups is 1. The highest BCUT2D eigenvalue weighted by molar-refractivity contribution is 8.14. The minimum Gasteiger partial charge on any atom is -0.497 e. The van der Waals surface area contributed by atoms with E-state index in [2.05, 4.69) is 10.3 Å². The van der Waals surface area contributed by atoms with Crippen molar-refractivity contribution < 1.29 is 9.53 Å². The third kappa shape index (κ3) is 4.93. The van der Waals surface area contributed by atoms with Gasteiger partial charge in [0.1, 0.15) is 5.75 Å². The van der Waals surface area contributed by atoms with Crippen LogP contribution < -0.4 is 10.1 Å². The van der Waals surface area contributed by atoms with Crippen LogP contribution in [0, 0.1) is 0 Å². The first-order valence-corrected chi connectivity index (χ1v) is 10.4. The van der Waals surface area contributed by atoms with Gasteiger partial charge in [-0.15, -0.1) is 11.8 Å². The molecule has 0 aliphatic carbocycles. The van der Waals surface area contributed by atoms with E-state index in [1.54, 1.807) is 36.7 Å². The lowest BCUT2D eigenvalue weighted by Gasteiger charge is -2.06. The molecule has 6 heteroatoms. The van der Waals surface area contributed by atoms with Crippen LogP contribution in [-0.2, 0) is 4.79 Å². The molecule has 0 fully saturated rings. The molecule has 1 N–H and O–H groups in total. The average molecular weight is 385 g/mol. The maximum absolute atomic E-state index is 12.1. The molecule has 1 aliphatic rings. The lowest BCUT2D eigenvalue weighted by Crippen LogP contribution is -2.25. The van der Waals surface area contributed by atoms with Crippen LogP contribution in [0.5, 0.6) is 5.75 Å². The number of rotatable bonds is 5. The molecular formula is C20H20N2O2S2. The number of aliphatic imine (C=N–C) groups is 1. The van der Waals surface area contributed by atoms with Crippen molar-refractivity contribution in [2.24, 2.45) is 4.99 Å². The fourth-order valence-electron chi connectivity index (χ4n) is 2.47. The molecule has 1 heterocycles. The summed E-state index contributed by atoms with van der Waals surface area (Å²) in [6, 6.07) is 16.0. The number of amides is 1. The van der Waals surface area contributed by atoms with E-state index in [0.717, 1.165) is 22.6 Å². The van der Waals surface area contributed by atoms with E-state index in [0.29, 0.717) is 5.17 Å². The van der Waals surface area contributed by atoms with Crippen molar-refractivity contribution in [3.63, 3.8) is 0 Å². The van der Waals surface area contributed by atoms with Crippen molar-refractivity contribution in [2.45, 2.75) is 10.9 Å². The van der Waals surface area contributed by atoms with Crippen molar-refractivity contribution in [1.29, 1.82) is 0 Å². The first kappa shape index (κ1) is 18.6. The minimum atomic E-state index is -0.166. The molecular weight excluding hydrogens is 364 g/mol. The summed E-state index contributed by atoms with van der Waals surface area (Å²) in [5, 5.41) is 3.52. The van der Waals surface area contributed by atoms with Crippen LogP contribution in [0.15, 0.2) is 64.5 Å². The van der Waals surface area contributed by atoms with Crippen molar-refractivity contribution in [1.82, 2.24) is 5.32 Å². The van der Waals surface area contributed by atoms with Gasteiger partial charge >= 0.3 is 0 Å². The molecule has 2 aromatic rings. The second-order valence-corrected chi connectivity index (χ2v) is 7.52. The van der Waals surface area contributed by atoms with Crippen LogP contribution in [0.2, 0.25) is 0 Å². The van der Waals surface area contributed by atoms with Gasteiger partial charge in [0.25, 0.3) is 0 Å². The molecule has 134 valence electrons. The summed E-state index contributed by atoms with van der Waals surface area (Å²) in [5.41, 5.74) is 2.11. The van der Waals surface area contributed by atoms with Gasteiger partial charge < -0.3 is 10.1 Å². The SMILES string of the molecule is COc1ccc(C2CSC(NC(=O)/C=C/c3ccc(SC)cc3)=N2)cc1. The van der Waals surface area contributed by atoms with Crippen LogP contribution in [0.3, 0.4) is 0 Å². The molecule has 4 nitrogen and oxygen atoms in total. The Kier molecular flexibility index (Phi) is 6.41. The molecule has 3 rings (SSSR count). The summed E-state index contributed by atoms with van der Waals surface area (Å²) in [5.74, 6) is 1.48. The fraction of sp³-hybridized carbons (Fsp3) is 0.200. The van der Waals surface area contributed by atoms with Crippen molar-refractivity contribution in [2.75, 3.05) is 19.1 Å². The van der Waals surface area contributed by atoms with E-state index < -0.39 is 0 Å². The minimum absolute atomic E-state index is 0.0595. The zero-order valence-electron chi connectivity index (χ0n) is 14.6. The Morgan fingerprint density at radius 1 is 1.23 bits per heavy atom. The van der Waals surface area contributed by atoms with Gasteiger partial charge in [-0.25, -0.2) is 0 Å². The maximum Gasteiger partial charge on any atom is 0.249 e. The van der Waals surface area contributed by atoms with Crippen LogP contribution in [0.4, 0.5) is 0 Å². The number of methoxy groups -OCH3 is 1. The molecule has 0 radical (unpaired) electrons. The Bertz CT molecular complexity index is 815. The summed E-state index contributed by atoms with van der Waals surface area (Å²) in [4.78, 5) is 17.9. The van der Waals surface area contributed by atoms with Crippen LogP contribution in [-0.4, -0.2) is 30.2 Å². The van der Waals surface area contributed by atoms with Crippen LogP contribution in [0.1, 0.15) is 17.2 Å². The van der Waals surface area contributed by atoms with Crippen molar-refractivity contribution in [3.05, 3.63) is 65.7 Å². The Morgan fingerprint density at radius 3 is 2.62 bits per heavy atom.